The second-order valence-corrected chi connectivity index (χ2v) is 5.18. The summed E-state index contributed by atoms with van der Waals surface area (Å²) in [5, 5.41) is 0. The van der Waals surface area contributed by atoms with Crippen molar-refractivity contribution in [2.24, 2.45) is 5.73 Å². The van der Waals surface area contributed by atoms with E-state index in [1.54, 1.807) is 7.11 Å². The first-order valence-corrected chi connectivity index (χ1v) is 6.83. The molecule has 0 fully saturated rings. The number of methoxy groups -OCH3 is 1. The van der Waals surface area contributed by atoms with E-state index in [0.717, 1.165) is 16.9 Å². The maximum Gasteiger partial charge on any atom is 0.129 e. The van der Waals surface area contributed by atoms with Gasteiger partial charge in [0.1, 0.15) is 17.4 Å². The van der Waals surface area contributed by atoms with Crippen LogP contribution in [0, 0.1) is 18.6 Å². The van der Waals surface area contributed by atoms with Gasteiger partial charge in [-0.05, 0) is 43.5 Å². The van der Waals surface area contributed by atoms with Gasteiger partial charge in [-0.25, -0.2) is 8.78 Å². The largest absolute Gasteiger partial charge is 0.496 e. The van der Waals surface area contributed by atoms with Gasteiger partial charge in [-0.15, -0.1) is 0 Å². The van der Waals surface area contributed by atoms with Gasteiger partial charge in [0.2, 0.25) is 0 Å². The molecule has 21 heavy (non-hydrogen) atoms. The molecule has 1 unspecified atom stereocenters. The molecule has 4 heteroatoms. The second-order valence-electron chi connectivity index (χ2n) is 5.18. The fraction of sp³-hybridized carbons (Fsp3) is 0.294. The number of nitrogens with two attached hydrogens (primary N) is 1. The molecule has 112 valence electrons. The molecule has 0 aliphatic heterocycles. The molecule has 2 nitrogen and oxygen atoms in total. The normalized spacial score (nSPS) is 12.2. The molecular formula is C17H19F2NO. The van der Waals surface area contributed by atoms with Crippen LogP contribution >= 0.6 is 0 Å². The van der Waals surface area contributed by atoms with Crippen molar-refractivity contribution in [1.29, 1.82) is 0 Å². The van der Waals surface area contributed by atoms with Crippen LogP contribution in [0.5, 0.6) is 5.75 Å². The summed E-state index contributed by atoms with van der Waals surface area (Å²) in [6.45, 7) is 1.98. The summed E-state index contributed by atoms with van der Waals surface area (Å²) in [7, 11) is 1.59. The smallest absolute Gasteiger partial charge is 0.129 e. The van der Waals surface area contributed by atoms with E-state index in [9.17, 15) is 8.78 Å². The van der Waals surface area contributed by atoms with E-state index in [1.165, 1.54) is 18.2 Å². The highest BCUT2D eigenvalue weighted by Gasteiger charge is 2.15. The summed E-state index contributed by atoms with van der Waals surface area (Å²) in [5.41, 5.74) is 8.14. The third-order valence-electron chi connectivity index (χ3n) is 3.45. The Balaban J connectivity index is 2.15. The van der Waals surface area contributed by atoms with Crippen LogP contribution in [0.15, 0.2) is 36.4 Å². The van der Waals surface area contributed by atoms with Gasteiger partial charge in [-0.2, -0.15) is 0 Å². The van der Waals surface area contributed by atoms with Crippen molar-refractivity contribution in [3.63, 3.8) is 0 Å². The Labute approximate surface area is 123 Å². The first-order valence-electron chi connectivity index (χ1n) is 6.83. The van der Waals surface area contributed by atoms with Crippen LogP contribution in [0.25, 0.3) is 0 Å². The summed E-state index contributed by atoms with van der Waals surface area (Å²) in [6, 6.07) is 9.27. The second kappa shape index (κ2) is 6.68. The molecule has 2 rings (SSSR count). The molecule has 2 N–H and O–H groups in total. The van der Waals surface area contributed by atoms with Gasteiger partial charge in [0.25, 0.3) is 0 Å². The number of hydrogen-bond donors (Lipinski definition) is 1. The third kappa shape index (κ3) is 3.79. The van der Waals surface area contributed by atoms with E-state index < -0.39 is 11.6 Å². The molecule has 0 spiro atoms. The lowest BCUT2D eigenvalue weighted by molar-refractivity contribution is 0.407. The van der Waals surface area contributed by atoms with E-state index in [1.807, 2.05) is 25.1 Å². The molecule has 0 radical (unpaired) electrons. The van der Waals surface area contributed by atoms with Crippen LogP contribution in [0.4, 0.5) is 8.78 Å². The number of rotatable bonds is 5. The Morgan fingerprint density at radius 1 is 1.10 bits per heavy atom. The minimum atomic E-state index is -0.554. The summed E-state index contributed by atoms with van der Waals surface area (Å²) in [6.07, 6.45) is 0.647. The third-order valence-corrected chi connectivity index (χ3v) is 3.45. The standard InChI is InChI=1S/C17H19F2NO/c1-11-6-7-17(21-2)12(8-11)9-13(20)10-14-15(18)4-3-5-16(14)19/h3-8,13H,9-10,20H2,1-2H3. The summed E-state index contributed by atoms with van der Waals surface area (Å²) < 4.78 is 32.6. The van der Waals surface area contributed by atoms with E-state index in [4.69, 9.17) is 10.5 Å². The lowest BCUT2D eigenvalue weighted by atomic mass is 9.97. The zero-order valence-corrected chi connectivity index (χ0v) is 12.2. The average molecular weight is 291 g/mol. The maximum atomic E-state index is 13.6. The van der Waals surface area contributed by atoms with E-state index in [2.05, 4.69) is 0 Å². The van der Waals surface area contributed by atoms with Crippen molar-refractivity contribution in [2.75, 3.05) is 7.11 Å². The van der Waals surface area contributed by atoms with Gasteiger partial charge < -0.3 is 10.5 Å². The highest BCUT2D eigenvalue weighted by molar-refractivity contribution is 5.37. The quantitative estimate of drug-likeness (QED) is 0.916. The van der Waals surface area contributed by atoms with Crippen LogP contribution in [-0.2, 0) is 12.8 Å². The zero-order chi connectivity index (χ0) is 15.4. The molecule has 0 bridgehead atoms. The van der Waals surface area contributed by atoms with Crippen molar-refractivity contribution in [3.05, 3.63) is 64.7 Å². The minimum absolute atomic E-state index is 0.0385. The van der Waals surface area contributed by atoms with Crippen LogP contribution in [0.1, 0.15) is 16.7 Å². The van der Waals surface area contributed by atoms with Crippen molar-refractivity contribution < 1.29 is 13.5 Å². The van der Waals surface area contributed by atoms with Crippen molar-refractivity contribution in [2.45, 2.75) is 25.8 Å². The van der Waals surface area contributed by atoms with Crippen molar-refractivity contribution in [3.8, 4) is 5.75 Å². The Bertz CT molecular complexity index is 608. The average Bonchev–Trinajstić information content (AvgIpc) is 2.43. The molecule has 0 heterocycles. The van der Waals surface area contributed by atoms with Gasteiger partial charge in [0.05, 0.1) is 7.11 Å². The molecule has 0 aromatic heterocycles. The van der Waals surface area contributed by atoms with Crippen molar-refractivity contribution >= 4 is 0 Å². The number of halogens is 2. The van der Waals surface area contributed by atoms with Gasteiger partial charge >= 0.3 is 0 Å². The molecule has 0 aliphatic rings. The highest BCUT2D eigenvalue weighted by Crippen LogP contribution is 2.22. The zero-order valence-electron chi connectivity index (χ0n) is 12.2. The van der Waals surface area contributed by atoms with Crippen LogP contribution in [0.2, 0.25) is 0 Å². The number of ether oxygens (including phenoxy) is 1. The first-order chi connectivity index (χ1) is 10.0. The van der Waals surface area contributed by atoms with Gasteiger partial charge in [0.15, 0.2) is 0 Å². The topological polar surface area (TPSA) is 35.2 Å². The molecule has 1 atom stereocenters. The van der Waals surface area contributed by atoms with Gasteiger partial charge in [-0.3, -0.25) is 0 Å². The molecule has 0 saturated heterocycles. The lowest BCUT2D eigenvalue weighted by Gasteiger charge is -2.15. The molecule has 2 aromatic carbocycles. The number of aryl methyl sites for hydroxylation is 1. The fourth-order valence-electron chi connectivity index (χ4n) is 2.41. The summed E-state index contributed by atoms with van der Waals surface area (Å²) >= 11 is 0. The Hall–Kier alpha value is -1.94. The monoisotopic (exact) mass is 291 g/mol. The summed E-state index contributed by atoms with van der Waals surface area (Å²) in [5.74, 6) is -0.367. The van der Waals surface area contributed by atoms with Gasteiger partial charge in [0, 0.05) is 11.6 Å². The predicted molar refractivity (Wildman–Crippen MR) is 79.5 cm³/mol. The number of hydrogen-bond acceptors (Lipinski definition) is 2. The molecule has 0 aliphatic carbocycles. The fourth-order valence-corrected chi connectivity index (χ4v) is 2.41. The van der Waals surface area contributed by atoms with Crippen molar-refractivity contribution in [1.82, 2.24) is 0 Å². The van der Waals surface area contributed by atoms with Gasteiger partial charge in [-0.1, -0.05) is 23.8 Å². The molecule has 0 amide bonds. The van der Waals surface area contributed by atoms with Crippen LogP contribution in [-0.4, -0.2) is 13.2 Å². The summed E-state index contributed by atoms with van der Waals surface area (Å²) in [4.78, 5) is 0. The van der Waals surface area contributed by atoms with E-state index >= 15 is 0 Å². The Morgan fingerprint density at radius 3 is 2.38 bits per heavy atom. The first kappa shape index (κ1) is 15.4. The number of benzene rings is 2. The molecule has 0 saturated carbocycles. The van der Waals surface area contributed by atoms with E-state index in [0.29, 0.717) is 6.42 Å². The Kier molecular flexibility index (Phi) is 4.91. The maximum absolute atomic E-state index is 13.6. The van der Waals surface area contributed by atoms with E-state index in [-0.39, 0.29) is 18.0 Å². The highest BCUT2D eigenvalue weighted by atomic mass is 19.1. The predicted octanol–water partition coefficient (Wildman–Crippen LogP) is 3.39. The minimum Gasteiger partial charge on any atom is -0.496 e. The lowest BCUT2D eigenvalue weighted by Crippen LogP contribution is -2.26. The molecule has 2 aromatic rings. The Morgan fingerprint density at radius 2 is 1.76 bits per heavy atom. The van der Waals surface area contributed by atoms with Crippen LogP contribution in [0.3, 0.4) is 0 Å². The van der Waals surface area contributed by atoms with Crippen LogP contribution < -0.4 is 10.5 Å². The molecular weight excluding hydrogens is 272 g/mol. The SMILES string of the molecule is COc1ccc(C)cc1CC(N)Cc1c(F)cccc1F.